The number of nitrogens with two attached hydrogens (primary N) is 1. The van der Waals surface area contributed by atoms with Crippen molar-refractivity contribution < 1.29 is 9.47 Å². The Morgan fingerprint density at radius 3 is 2.52 bits per heavy atom. The van der Waals surface area contributed by atoms with E-state index >= 15 is 0 Å². The highest BCUT2D eigenvalue weighted by molar-refractivity contribution is 5.93. The van der Waals surface area contributed by atoms with Crippen LogP contribution in [0.5, 0.6) is 11.5 Å². The van der Waals surface area contributed by atoms with E-state index in [2.05, 4.69) is 17.1 Å². The number of aromatic nitrogens is 2. The maximum Gasteiger partial charge on any atom is 0.161 e. The highest BCUT2D eigenvalue weighted by atomic mass is 16.5. The number of hydrogen-bond donors (Lipinski definition) is 1. The second-order valence-electron chi connectivity index (χ2n) is 6.29. The molecule has 4 rings (SSSR count). The molecular weight excluding hydrogens is 366 g/mol. The van der Waals surface area contributed by atoms with Crippen LogP contribution in [0.4, 0.5) is 5.82 Å². The Kier molecular flexibility index (Phi) is 4.42. The fraction of sp³-hybridized carbons (Fsp3) is 0.136. The molecule has 0 amide bonds. The Labute approximate surface area is 167 Å². The number of nitrogen functional groups attached to an aromatic ring is 1. The van der Waals surface area contributed by atoms with Crippen molar-refractivity contribution in [1.82, 2.24) is 9.38 Å². The monoisotopic (exact) mass is 383 g/mol. The predicted molar refractivity (Wildman–Crippen MR) is 110 cm³/mol. The molecule has 0 aliphatic rings. The fourth-order valence-corrected chi connectivity index (χ4v) is 3.52. The van der Waals surface area contributed by atoms with E-state index in [1.165, 1.54) is 7.11 Å². The summed E-state index contributed by atoms with van der Waals surface area (Å²) >= 11 is 0. The molecule has 2 aromatic carbocycles. The first-order valence-corrected chi connectivity index (χ1v) is 8.98. The molecule has 29 heavy (non-hydrogen) atoms. The van der Waals surface area contributed by atoms with Gasteiger partial charge in [-0.25, -0.2) is 4.98 Å². The minimum Gasteiger partial charge on any atom is -0.493 e. The van der Waals surface area contributed by atoms with E-state index in [1.54, 1.807) is 22.6 Å². The minimum absolute atomic E-state index is 0.211. The average Bonchev–Trinajstić information content (AvgIpc) is 3.14. The van der Waals surface area contributed by atoms with Crippen LogP contribution >= 0.6 is 0 Å². The van der Waals surface area contributed by atoms with Gasteiger partial charge < -0.3 is 15.2 Å². The number of hydrogen-bond acceptors (Lipinski definition) is 6. The van der Waals surface area contributed by atoms with Crippen LogP contribution in [0.2, 0.25) is 0 Å². The van der Waals surface area contributed by atoms with Crippen molar-refractivity contribution >= 4 is 22.5 Å². The van der Waals surface area contributed by atoms with Crippen LogP contribution in [0.15, 0.2) is 42.5 Å². The topological polar surface area (TPSA) is 109 Å². The standard InChI is InChI=1S/C22H17N5O2/c1-3-29-18-9-8-13(10-19(18)28-2)20-14(11-23)21(25)27-17-7-5-4-6-16(17)26-22(27)15(20)12-24/h4-10H,3,25H2,1-2H3. The van der Waals surface area contributed by atoms with Gasteiger partial charge in [-0.05, 0) is 36.8 Å². The zero-order valence-corrected chi connectivity index (χ0v) is 15.9. The van der Waals surface area contributed by atoms with Crippen LogP contribution in [-0.4, -0.2) is 23.1 Å². The van der Waals surface area contributed by atoms with Crippen LogP contribution < -0.4 is 15.2 Å². The first-order chi connectivity index (χ1) is 14.1. The molecule has 4 aromatic rings. The highest BCUT2D eigenvalue weighted by Crippen LogP contribution is 2.39. The number of ether oxygens (including phenoxy) is 2. The van der Waals surface area contributed by atoms with Gasteiger partial charge in [0.15, 0.2) is 17.1 Å². The zero-order chi connectivity index (χ0) is 20.5. The first kappa shape index (κ1) is 18.1. The summed E-state index contributed by atoms with van der Waals surface area (Å²) < 4.78 is 12.7. The molecule has 0 unspecified atom stereocenters. The van der Waals surface area contributed by atoms with Gasteiger partial charge in [-0.2, -0.15) is 10.5 Å². The van der Waals surface area contributed by atoms with E-state index in [9.17, 15) is 10.5 Å². The van der Waals surface area contributed by atoms with Crippen molar-refractivity contribution in [3.05, 3.63) is 53.6 Å². The van der Waals surface area contributed by atoms with Crippen molar-refractivity contribution in [3.63, 3.8) is 0 Å². The quantitative estimate of drug-likeness (QED) is 0.572. The number of methoxy groups -OCH3 is 1. The summed E-state index contributed by atoms with van der Waals surface area (Å²) in [6, 6.07) is 17.1. The molecular formula is C22H17N5O2. The molecule has 0 spiro atoms. The second kappa shape index (κ2) is 7.06. The average molecular weight is 383 g/mol. The van der Waals surface area contributed by atoms with E-state index in [-0.39, 0.29) is 16.9 Å². The van der Waals surface area contributed by atoms with Gasteiger partial charge in [0.2, 0.25) is 0 Å². The first-order valence-electron chi connectivity index (χ1n) is 8.98. The summed E-state index contributed by atoms with van der Waals surface area (Å²) in [6.45, 7) is 2.37. The number of nitriles is 2. The highest BCUT2D eigenvalue weighted by Gasteiger charge is 2.23. The van der Waals surface area contributed by atoms with Gasteiger partial charge in [-0.3, -0.25) is 4.40 Å². The summed E-state index contributed by atoms with van der Waals surface area (Å²) in [5.74, 6) is 1.32. The van der Waals surface area contributed by atoms with Crippen LogP contribution in [-0.2, 0) is 0 Å². The zero-order valence-electron chi connectivity index (χ0n) is 15.9. The number of imidazole rings is 1. The molecule has 0 fully saturated rings. The smallest absolute Gasteiger partial charge is 0.161 e. The van der Waals surface area contributed by atoms with E-state index in [4.69, 9.17) is 15.2 Å². The molecule has 0 bridgehead atoms. The summed E-state index contributed by atoms with van der Waals surface area (Å²) in [5, 5.41) is 19.9. The van der Waals surface area contributed by atoms with Gasteiger partial charge in [0, 0.05) is 5.56 Å². The number of nitrogens with zero attached hydrogens (tertiary/aromatic N) is 4. The number of benzene rings is 2. The van der Waals surface area contributed by atoms with Crippen molar-refractivity contribution in [3.8, 4) is 34.8 Å². The molecule has 0 atom stereocenters. The van der Waals surface area contributed by atoms with E-state index in [0.717, 1.165) is 5.52 Å². The third kappa shape index (κ3) is 2.69. The van der Waals surface area contributed by atoms with Gasteiger partial charge in [0.25, 0.3) is 0 Å². The van der Waals surface area contributed by atoms with Gasteiger partial charge in [0.05, 0.1) is 24.8 Å². The van der Waals surface area contributed by atoms with Crippen molar-refractivity contribution in [1.29, 1.82) is 10.5 Å². The number of rotatable bonds is 4. The molecule has 0 saturated heterocycles. The van der Waals surface area contributed by atoms with E-state index in [0.29, 0.717) is 40.4 Å². The van der Waals surface area contributed by atoms with E-state index < -0.39 is 0 Å². The third-order valence-corrected chi connectivity index (χ3v) is 4.76. The molecule has 0 aliphatic carbocycles. The summed E-state index contributed by atoms with van der Waals surface area (Å²) in [5.41, 5.74) is 9.77. The summed E-state index contributed by atoms with van der Waals surface area (Å²) in [7, 11) is 1.54. The fourth-order valence-electron chi connectivity index (χ4n) is 3.52. The van der Waals surface area contributed by atoms with Crippen LogP contribution in [0.3, 0.4) is 0 Å². The van der Waals surface area contributed by atoms with Gasteiger partial charge in [0.1, 0.15) is 29.1 Å². The molecule has 0 saturated carbocycles. The molecule has 2 N–H and O–H groups in total. The second-order valence-corrected chi connectivity index (χ2v) is 6.29. The minimum atomic E-state index is 0.211. The molecule has 7 nitrogen and oxygen atoms in total. The van der Waals surface area contributed by atoms with Crippen LogP contribution in [0.1, 0.15) is 18.1 Å². The van der Waals surface area contributed by atoms with Gasteiger partial charge >= 0.3 is 0 Å². The maximum absolute atomic E-state index is 9.97. The SMILES string of the molecule is CCOc1ccc(-c2c(C#N)c(N)n3c(nc4ccccc43)c2C#N)cc1OC. The van der Waals surface area contributed by atoms with Gasteiger partial charge in [-0.15, -0.1) is 0 Å². The molecule has 2 heterocycles. The predicted octanol–water partition coefficient (Wildman–Crippen LogP) is 3.89. The lowest BCUT2D eigenvalue weighted by Gasteiger charge is -2.15. The summed E-state index contributed by atoms with van der Waals surface area (Å²) in [6.07, 6.45) is 0. The lowest BCUT2D eigenvalue weighted by Crippen LogP contribution is -2.06. The van der Waals surface area contributed by atoms with Gasteiger partial charge in [-0.1, -0.05) is 18.2 Å². The molecule has 2 aromatic heterocycles. The normalized spacial score (nSPS) is 10.6. The maximum atomic E-state index is 9.97. The van der Waals surface area contributed by atoms with E-state index in [1.807, 2.05) is 31.2 Å². The number of para-hydroxylation sites is 2. The van der Waals surface area contributed by atoms with Crippen molar-refractivity contribution in [2.75, 3.05) is 19.5 Å². The van der Waals surface area contributed by atoms with Crippen molar-refractivity contribution in [2.24, 2.45) is 0 Å². The van der Waals surface area contributed by atoms with Crippen molar-refractivity contribution in [2.45, 2.75) is 6.92 Å². The van der Waals surface area contributed by atoms with Crippen LogP contribution in [0.25, 0.3) is 27.8 Å². The Balaban J connectivity index is 2.12. The Bertz CT molecular complexity index is 1340. The molecule has 7 heteroatoms. The number of anilines is 1. The lowest BCUT2D eigenvalue weighted by molar-refractivity contribution is 0.311. The number of pyridine rings is 1. The summed E-state index contributed by atoms with van der Waals surface area (Å²) in [4.78, 5) is 4.59. The Hall–Kier alpha value is -4.23. The molecule has 0 aliphatic heterocycles. The lowest BCUT2D eigenvalue weighted by atomic mass is 9.96. The third-order valence-electron chi connectivity index (χ3n) is 4.76. The molecule has 0 radical (unpaired) electrons. The number of fused-ring (bicyclic) bond motifs is 3. The Morgan fingerprint density at radius 2 is 1.83 bits per heavy atom. The largest absolute Gasteiger partial charge is 0.493 e. The van der Waals surface area contributed by atoms with Crippen LogP contribution in [0, 0.1) is 22.7 Å². The Morgan fingerprint density at radius 1 is 1.07 bits per heavy atom. The molecule has 142 valence electrons.